The van der Waals surface area contributed by atoms with Crippen LogP contribution in [-0.2, 0) is 4.79 Å². The van der Waals surface area contributed by atoms with Gasteiger partial charge in [-0.25, -0.2) is 0 Å². The SMILES string of the molecule is Cc1ccc(C(=O)Cl)cc1NC(=O)C=Cc1cccnc1. The van der Waals surface area contributed by atoms with Crippen molar-refractivity contribution < 1.29 is 9.59 Å². The van der Waals surface area contributed by atoms with E-state index in [4.69, 9.17) is 11.6 Å². The number of aromatic nitrogens is 1. The number of nitrogens with zero attached hydrogens (tertiary/aromatic N) is 1. The van der Waals surface area contributed by atoms with Crippen LogP contribution in [0.3, 0.4) is 0 Å². The lowest BCUT2D eigenvalue weighted by Gasteiger charge is -2.07. The van der Waals surface area contributed by atoms with E-state index in [1.807, 2.05) is 13.0 Å². The Bertz CT molecular complexity index is 697. The van der Waals surface area contributed by atoms with E-state index < -0.39 is 5.24 Å². The minimum Gasteiger partial charge on any atom is -0.322 e. The van der Waals surface area contributed by atoms with Crippen molar-refractivity contribution in [1.29, 1.82) is 0 Å². The highest BCUT2D eigenvalue weighted by Crippen LogP contribution is 2.18. The van der Waals surface area contributed by atoms with Gasteiger partial charge in [-0.1, -0.05) is 12.1 Å². The summed E-state index contributed by atoms with van der Waals surface area (Å²) in [6.45, 7) is 1.84. The number of pyridine rings is 1. The number of aryl methyl sites for hydroxylation is 1. The summed E-state index contributed by atoms with van der Waals surface area (Å²) in [5.74, 6) is -0.291. The normalized spacial score (nSPS) is 10.6. The van der Waals surface area contributed by atoms with E-state index in [0.717, 1.165) is 11.1 Å². The molecule has 2 aromatic rings. The largest absolute Gasteiger partial charge is 0.322 e. The summed E-state index contributed by atoms with van der Waals surface area (Å²) < 4.78 is 0. The van der Waals surface area contributed by atoms with Crippen LogP contribution in [0.25, 0.3) is 6.08 Å². The van der Waals surface area contributed by atoms with Crippen LogP contribution >= 0.6 is 11.6 Å². The predicted octanol–water partition coefficient (Wildman–Crippen LogP) is 3.42. The van der Waals surface area contributed by atoms with Gasteiger partial charge in [0.1, 0.15) is 0 Å². The summed E-state index contributed by atoms with van der Waals surface area (Å²) >= 11 is 5.43. The third-order valence-corrected chi connectivity index (χ3v) is 3.05. The summed E-state index contributed by atoms with van der Waals surface area (Å²) in [4.78, 5) is 27.0. The van der Waals surface area contributed by atoms with Gasteiger partial charge in [-0.05, 0) is 53.9 Å². The molecule has 0 spiro atoms. The van der Waals surface area contributed by atoms with E-state index >= 15 is 0 Å². The van der Waals surface area contributed by atoms with Crippen LogP contribution in [0.15, 0.2) is 48.8 Å². The second kappa shape index (κ2) is 6.81. The molecule has 1 aromatic carbocycles. The van der Waals surface area contributed by atoms with Crippen molar-refractivity contribution in [1.82, 2.24) is 4.98 Å². The van der Waals surface area contributed by atoms with Gasteiger partial charge in [0, 0.05) is 29.7 Å². The maximum atomic E-state index is 11.9. The number of benzene rings is 1. The summed E-state index contributed by atoms with van der Waals surface area (Å²) in [6, 6.07) is 8.54. The molecule has 0 aliphatic carbocycles. The summed E-state index contributed by atoms with van der Waals surface area (Å²) in [7, 11) is 0. The number of hydrogen-bond acceptors (Lipinski definition) is 3. The molecule has 0 aliphatic heterocycles. The first-order valence-electron chi connectivity index (χ1n) is 6.26. The molecule has 0 radical (unpaired) electrons. The molecule has 106 valence electrons. The minimum absolute atomic E-state index is 0.291. The molecule has 5 heteroatoms. The second-order valence-electron chi connectivity index (χ2n) is 4.41. The molecular formula is C16H13ClN2O2. The zero-order valence-electron chi connectivity index (χ0n) is 11.3. The van der Waals surface area contributed by atoms with Gasteiger partial charge in [0.2, 0.25) is 5.91 Å². The molecule has 4 nitrogen and oxygen atoms in total. The van der Waals surface area contributed by atoms with Crippen LogP contribution in [-0.4, -0.2) is 16.1 Å². The van der Waals surface area contributed by atoms with Crippen LogP contribution in [0.2, 0.25) is 0 Å². The highest BCUT2D eigenvalue weighted by atomic mass is 35.5. The lowest BCUT2D eigenvalue weighted by Crippen LogP contribution is -2.09. The minimum atomic E-state index is -0.559. The van der Waals surface area contributed by atoms with Gasteiger partial charge in [0.15, 0.2) is 0 Å². The van der Waals surface area contributed by atoms with E-state index in [9.17, 15) is 9.59 Å². The fourth-order valence-electron chi connectivity index (χ4n) is 1.70. The van der Waals surface area contributed by atoms with E-state index in [2.05, 4.69) is 10.3 Å². The van der Waals surface area contributed by atoms with Gasteiger partial charge < -0.3 is 5.32 Å². The lowest BCUT2D eigenvalue weighted by atomic mass is 10.1. The number of rotatable bonds is 4. The van der Waals surface area contributed by atoms with Gasteiger partial charge in [0.25, 0.3) is 5.24 Å². The van der Waals surface area contributed by atoms with E-state index in [0.29, 0.717) is 11.3 Å². The number of halogens is 1. The van der Waals surface area contributed by atoms with Crippen LogP contribution in [0.4, 0.5) is 5.69 Å². The second-order valence-corrected chi connectivity index (χ2v) is 4.76. The highest BCUT2D eigenvalue weighted by Gasteiger charge is 2.07. The maximum absolute atomic E-state index is 11.9. The number of carbonyl (C=O) groups is 2. The fraction of sp³-hybridized carbons (Fsp3) is 0.0625. The van der Waals surface area contributed by atoms with Crippen molar-refractivity contribution in [3.05, 3.63) is 65.5 Å². The van der Waals surface area contributed by atoms with Gasteiger partial charge >= 0.3 is 0 Å². The average Bonchev–Trinajstić information content (AvgIpc) is 2.48. The Morgan fingerprint density at radius 2 is 2.10 bits per heavy atom. The first kappa shape index (κ1) is 14.9. The van der Waals surface area contributed by atoms with Gasteiger partial charge in [0.05, 0.1) is 0 Å². The smallest absolute Gasteiger partial charge is 0.252 e. The quantitative estimate of drug-likeness (QED) is 0.695. The Morgan fingerprint density at radius 3 is 2.76 bits per heavy atom. The van der Waals surface area contributed by atoms with Crippen molar-refractivity contribution in [2.24, 2.45) is 0 Å². The Balaban J connectivity index is 2.11. The molecule has 0 saturated carbocycles. The third kappa shape index (κ3) is 4.26. The van der Waals surface area contributed by atoms with Crippen molar-refractivity contribution >= 4 is 34.5 Å². The first-order chi connectivity index (χ1) is 10.1. The average molecular weight is 301 g/mol. The lowest BCUT2D eigenvalue weighted by molar-refractivity contribution is -0.111. The number of nitrogens with one attached hydrogen (secondary N) is 1. The Kier molecular flexibility index (Phi) is 4.85. The summed E-state index contributed by atoms with van der Waals surface area (Å²) in [5.41, 5.74) is 2.57. The molecule has 0 bridgehead atoms. The molecule has 1 N–H and O–H groups in total. The van der Waals surface area contributed by atoms with E-state index in [1.165, 1.54) is 6.08 Å². The molecule has 0 aliphatic rings. The standard InChI is InChI=1S/C16H13ClN2O2/c1-11-4-6-13(16(17)21)9-14(11)19-15(20)7-5-12-3-2-8-18-10-12/h2-10H,1H3,(H,19,20). The molecule has 0 saturated heterocycles. The van der Waals surface area contributed by atoms with Crippen molar-refractivity contribution in [3.63, 3.8) is 0 Å². The van der Waals surface area contributed by atoms with Crippen molar-refractivity contribution in [2.45, 2.75) is 6.92 Å². The van der Waals surface area contributed by atoms with Gasteiger partial charge in [-0.3, -0.25) is 14.6 Å². The molecule has 0 fully saturated rings. The molecule has 1 heterocycles. The zero-order chi connectivity index (χ0) is 15.2. The molecule has 2 rings (SSSR count). The molecule has 0 atom stereocenters. The van der Waals surface area contributed by atoms with E-state index in [1.54, 1.807) is 42.7 Å². The number of carbonyl (C=O) groups excluding carboxylic acids is 2. The van der Waals surface area contributed by atoms with Crippen LogP contribution in [0, 0.1) is 6.92 Å². The van der Waals surface area contributed by atoms with Crippen molar-refractivity contribution in [3.8, 4) is 0 Å². The third-order valence-electron chi connectivity index (χ3n) is 2.83. The topological polar surface area (TPSA) is 59.1 Å². The van der Waals surface area contributed by atoms with Crippen molar-refractivity contribution in [2.75, 3.05) is 5.32 Å². The Hall–Kier alpha value is -2.46. The molecule has 21 heavy (non-hydrogen) atoms. The summed E-state index contributed by atoms with van der Waals surface area (Å²) in [5, 5.41) is 2.16. The predicted molar refractivity (Wildman–Crippen MR) is 83.3 cm³/mol. The Labute approximate surface area is 127 Å². The van der Waals surface area contributed by atoms with Crippen LogP contribution in [0.1, 0.15) is 21.5 Å². The molecule has 1 aromatic heterocycles. The highest BCUT2D eigenvalue weighted by molar-refractivity contribution is 6.67. The van der Waals surface area contributed by atoms with Crippen LogP contribution < -0.4 is 5.32 Å². The Morgan fingerprint density at radius 1 is 1.29 bits per heavy atom. The zero-order valence-corrected chi connectivity index (χ0v) is 12.1. The monoisotopic (exact) mass is 300 g/mol. The van der Waals surface area contributed by atoms with E-state index in [-0.39, 0.29) is 5.91 Å². The maximum Gasteiger partial charge on any atom is 0.252 e. The van der Waals surface area contributed by atoms with Crippen LogP contribution in [0.5, 0.6) is 0 Å². The van der Waals surface area contributed by atoms with Gasteiger partial charge in [-0.15, -0.1) is 0 Å². The first-order valence-corrected chi connectivity index (χ1v) is 6.63. The summed E-state index contributed by atoms with van der Waals surface area (Å²) in [6.07, 6.45) is 6.39. The molecule has 0 unspecified atom stereocenters. The number of anilines is 1. The number of hydrogen-bond donors (Lipinski definition) is 1. The molecule has 1 amide bonds. The fourth-order valence-corrected chi connectivity index (χ4v) is 1.82. The number of amides is 1. The van der Waals surface area contributed by atoms with Gasteiger partial charge in [-0.2, -0.15) is 0 Å². The molecular weight excluding hydrogens is 288 g/mol.